The molecule has 7 nitrogen and oxygen atoms in total. The second-order valence-electron chi connectivity index (χ2n) is 6.91. The molecule has 2 aromatic heterocycles. The summed E-state index contributed by atoms with van der Waals surface area (Å²) < 4.78 is 2.04. The van der Waals surface area contributed by atoms with E-state index in [4.69, 9.17) is 0 Å². The van der Waals surface area contributed by atoms with Crippen molar-refractivity contribution < 1.29 is 4.79 Å². The summed E-state index contributed by atoms with van der Waals surface area (Å²) in [7, 11) is 3.51. The van der Waals surface area contributed by atoms with Crippen molar-refractivity contribution in [1.29, 1.82) is 0 Å². The molecule has 2 N–H and O–H groups in total. The Balaban J connectivity index is 0.00000261. The van der Waals surface area contributed by atoms with Gasteiger partial charge in [0.05, 0.1) is 12.2 Å². The molecule has 0 bridgehead atoms. The summed E-state index contributed by atoms with van der Waals surface area (Å²) in [6.45, 7) is 4.56. The van der Waals surface area contributed by atoms with E-state index in [2.05, 4.69) is 44.6 Å². The first-order valence-corrected chi connectivity index (χ1v) is 9.19. The fourth-order valence-electron chi connectivity index (χ4n) is 3.44. The fraction of sp³-hybridized carbons (Fsp3) is 0.526. The van der Waals surface area contributed by atoms with Gasteiger partial charge in [-0.15, -0.1) is 24.0 Å². The van der Waals surface area contributed by atoms with Crippen LogP contribution in [-0.2, 0) is 11.3 Å². The number of fused-ring (bicyclic) bond motifs is 1. The van der Waals surface area contributed by atoms with Gasteiger partial charge in [-0.1, -0.05) is 0 Å². The molecular weight excluding hydrogens is 455 g/mol. The van der Waals surface area contributed by atoms with Crippen LogP contribution < -0.4 is 10.6 Å². The fourth-order valence-corrected chi connectivity index (χ4v) is 3.44. The van der Waals surface area contributed by atoms with Crippen LogP contribution >= 0.6 is 24.0 Å². The lowest BCUT2D eigenvalue weighted by Gasteiger charge is -2.34. The molecule has 0 spiro atoms. The number of aliphatic imine (C=N–C) groups is 1. The number of hydrogen-bond acceptors (Lipinski definition) is 3. The van der Waals surface area contributed by atoms with Gasteiger partial charge in [0, 0.05) is 46.0 Å². The SMILES string of the molecule is CN=C(NCc1cn2ccc(C)cc2n1)N1CCC(CC(=O)NC)CC1.I. The van der Waals surface area contributed by atoms with Crippen LogP contribution in [0.5, 0.6) is 0 Å². The van der Waals surface area contributed by atoms with E-state index in [0.29, 0.717) is 18.9 Å². The zero-order chi connectivity index (χ0) is 18.5. The van der Waals surface area contributed by atoms with Crippen LogP contribution in [0.15, 0.2) is 29.5 Å². The van der Waals surface area contributed by atoms with Crippen molar-refractivity contribution in [1.82, 2.24) is 24.9 Å². The molecule has 8 heteroatoms. The molecule has 0 atom stereocenters. The number of aryl methyl sites for hydroxylation is 1. The molecule has 0 aromatic carbocycles. The highest BCUT2D eigenvalue weighted by molar-refractivity contribution is 14.0. The molecule has 1 saturated heterocycles. The Kier molecular flexibility index (Phi) is 7.88. The van der Waals surface area contributed by atoms with Crippen molar-refractivity contribution in [3.8, 4) is 0 Å². The van der Waals surface area contributed by atoms with Gasteiger partial charge < -0.3 is 19.9 Å². The number of hydrogen-bond donors (Lipinski definition) is 2. The van der Waals surface area contributed by atoms with Crippen molar-refractivity contribution in [3.05, 3.63) is 35.8 Å². The number of carbonyl (C=O) groups excluding carboxylic acids is 1. The molecular formula is C19H29IN6O. The number of halogens is 1. The molecule has 0 radical (unpaired) electrons. The van der Waals surface area contributed by atoms with E-state index >= 15 is 0 Å². The highest BCUT2D eigenvalue weighted by Crippen LogP contribution is 2.20. The normalized spacial score (nSPS) is 15.5. The number of imidazole rings is 1. The maximum atomic E-state index is 11.5. The first-order valence-electron chi connectivity index (χ1n) is 9.19. The molecule has 1 aliphatic rings. The number of pyridine rings is 1. The summed E-state index contributed by atoms with van der Waals surface area (Å²) >= 11 is 0. The summed E-state index contributed by atoms with van der Waals surface area (Å²) in [5, 5.41) is 6.13. The molecule has 27 heavy (non-hydrogen) atoms. The number of nitrogens with one attached hydrogen (secondary N) is 2. The van der Waals surface area contributed by atoms with Gasteiger partial charge in [-0.05, 0) is 43.4 Å². The summed E-state index contributed by atoms with van der Waals surface area (Å²) in [6, 6.07) is 4.16. The van der Waals surface area contributed by atoms with E-state index < -0.39 is 0 Å². The Bertz CT molecular complexity index is 795. The first-order chi connectivity index (χ1) is 12.6. The van der Waals surface area contributed by atoms with E-state index in [1.165, 1.54) is 5.56 Å². The average molecular weight is 484 g/mol. The Morgan fingerprint density at radius 3 is 2.78 bits per heavy atom. The van der Waals surface area contributed by atoms with Gasteiger partial charge in [-0.25, -0.2) is 4.98 Å². The summed E-state index contributed by atoms with van der Waals surface area (Å²) in [5.41, 5.74) is 3.16. The third-order valence-electron chi connectivity index (χ3n) is 4.97. The minimum atomic E-state index is 0. The lowest BCUT2D eigenvalue weighted by molar-refractivity contribution is -0.121. The molecule has 1 fully saturated rings. The third kappa shape index (κ3) is 5.57. The zero-order valence-corrected chi connectivity index (χ0v) is 18.6. The Hall–Kier alpha value is -1.84. The van der Waals surface area contributed by atoms with E-state index in [9.17, 15) is 4.79 Å². The molecule has 0 unspecified atom stereocenters. The van der Waals surface area contributed by atoms with E-state index in [-0.39, 0.29) is 29.9 Å². The summed E-state index contributed by atoms with van der Waals surface area (Å²) in [6.07, 6.45) is 6.73. The molecule has 1 amide bonds. The quantitative estimate of drug-likeness (QED) is 0.397. The van der Waals surface area contributed by atoms with Crippen molar-refractivity contribution in [3.63, 3.8) is 0 Å². The van der Waals surface area contributed by atoms with Crippen molar-refractivity contribution in [2.45, 2.75) is 32.7 Å². The van der Waals surface area contributed by atoms with Crippen LogP contribution in [0, 0.1) is 12.8 Å². The van der Waals surface area contributed by atoms with Crippen LogP contribution in [0.1, 0.15) is 30.5 Å². The smallest absolute Gasteiger partial charge is 0.220 e. The van der Waals surface area contributed by atoms with E-state index in [0.717, 1.165) is 43.2 Å². The van der Waals surface area contributed by atoms with Crippen LogP contribution in [0.4, 0.5) is 0 Å². The number of piperidine rings is 1. The van der Waals surface area contributed by atoms with Gasteiger partial charge in [0.15, 0.2) is 5.96 Å². The van der Waals surface area contributed by atoms with Crippen LogP contribution in [-0.4, -0.2) is 53.3 Å². The van der Waals surface area contributed by atoms with Crippen LogP contribution in [0.2, 0.25) is 0 Å². The highest BCUT2D eigenvalue weighted by Gasteiger charge is 2.23. The number of carbonyl (C=O) groups is 1. The van der Waals surface area contributed by atoms with Crippen LogP contribution in [0.3, 0.4) is 0 Å². The number of rotatable bonds is 4. The van der Waals surface area contributed by atoms with Gasteiger partial charge in [0.1, 0.15) is 5.65 Å². The van der Waals surface area contributed by atoms with E-state index in [1.807, 2.05) is 23.8 Å². The van der Waals surface area contributed by atoms with Crippen molar-refractivity contribution >= 4 is 41.5 Å². The number of guanidine groups is 1. The molecule has 0 aliphatic carbocycles. The number of likely N-dealkylation sites (tertiary alicyclic amines) is 1. The zero-order valence-electron chi connectivity index (χ0n) is 16.2. The lowest BCUT2D eigenvalue weighted by Crippen LogP contribution is -2.45. The molecule has 3 rings (SSSR count). The van der Waals surface area contributed by atoms with Crippen LogP contribution in [0.25, 0.3) is 5.65 Å². The molecule has 3 heterocycles. The van der Waals surface area contributed by atoms with Gasteiger partial charge in [-0.3, -0.25) is 9.79 Å². The standard InChI is InChI=1S/C19H28N6O.HI/c1-14-4-7-25-13-16(23-17(25)10-14)12-22-19(21-3)24-8-5-15(6-9-24)11-18(26)20-2;/h4,7,10,13,15H,5-6,8-9,11-12H2,1-3H3,(H,20,26)(H,21,22);1H. The second kappa shape index (κ2) is 9.91. The topological polar surface area (TPSA) is 74.0 Å². The van der Waals surface area contributed by atoms with Crippen molar-refractivity contribution in [2.75, 3.05) is 27.2 Å². The minimum Gasteiger partial charge on any atom is -0.359 e. The largest absolute Gasteiger partial charge is 0.359 e. The Morgan fingerprint density at radius 1 is 1.37 bits per heavy atom. The minimum absolute atomic E-state index is 0. The number of aromatic nitrogens is 2. The summed E-state index contributed by atoms with van der Waals surface area (Å²) in [5.74, 6) is 1.50. The summed E-state index contributed by atoms with van der Waals surface area (Å²) in [4.78, 5) is 22.9. The van der Waals surface area contributed by atoms with Gasteiger partial charge in [0.25, 0.3) is 0 Å². The average Bonchev–Trinajstić information content (AvgIpc) is 3.05. The number of amides is 1. The lowest BCUT2D eigenvalue weighted by atomic mass is 9.93. The molecule has 1 aliphatic heterocycles. The second-order valence-corrected chi connectivity index (χ2v) is 6.91. The monoisotopic (exact) mass is 484 g/mol. The van der Waals surface area contributed by atoms with Crippen molar-refractivity contribution in [2.24, 2.45) is 10.9 Å². The maximum absolute atomic E-state index is 11.5. The molecule has 0 saturated carbocycles. The number of nitrogens with zero attached hydrogens (tertiary/aromatic N) is 4. The Morgan fingerprint density at radius 2 is 2.11 bits per heavy atom. The van der Waals surface area contributed by atoms with E-state index in [1.54, 1.807) is 7.05 Å². The van der Waals surface area contributed by atoms with Gasteiger partial charge >= 0.3 is 0 Å². The molecule has 2 aromatic rings. The highest BCUT2D eigenvalue weighted by atomic mass is 127. The van der Waals surface area contributed by atoms with Gasteiger partial charge in [0.2, 0.25) is 5.91 Å². The Labute approximate surface area is 177 Å². The predicted molar refractivity (Wildman–Crippen MR) is 119 cm³/mol. The van der Waals surface area contributed by atoms with Gasteiger partial charge in [-0.2, -0.15) is 0 Å². The predicted octanol–water partition coefficient (Wildman–Crippen LogP) is 2.18. The molecule has 148 valence electrons. The third-order valence-corrected chi connectivity index (χ3v) is 4.97. The maximum Gasteiger partial charge on any atom is 0.220 e. The first kappa shape index (κ1) is 21.5.